The lowest BCUT2D eigenvalue weighted by molar-refractivity contribution is -0.302. The number of methoxy groups -OCH3 is 1. The van der Waals surface area contributed by atoms with Crippen molar-refractivity contribution in [3.05, 3.63) is 53.1 Å². The Morgan fingerprint density at radius 3 is 2.48 bits per heavy atom. The first-order chi connectivity index (χ1) is 29.6. The number of benzene rings is 1. The van der Waals surface area contributed by atoms with Crippen LogP contribution in [0.4, 0.5) is 9.59 Å². The summed E-state index contributed by atoms with van der Waals surface area (Å²) in [6.45, 7) is 19.6. The number of nitrogens with two attached hydrogens (primary N) is 1. The minimum absolute atomic E-state index is 0.0793. The largest absolute Gasteiger partial charge is 0.496 e. The summed E-state index contributed by atoms with van der Waals surface area (Å²) in [6.07, 6.45) is -2.99. The van der Waals surface area contributed by atoms with Gasteiger partial charge in [-0.1, -0.05) is 45.9 Å². The summed E-state index contributed by atoms with van der Waals surface area (Å²) < 4.78 is 50.1. The first kappa shape index (κ1) is 49.8. The number of hydrogen-bond acceptors (Lipinski definition) is 14. The number of fused-ring (bicyclic) bond motifs is 4. The molecule has 63 heavy (non-hydrogen) atoms. The van der Waals surface area contributed by atoms with Crippen LogP contribution in [0.3, 0.4) is 0 Å². The van der Waals surface area contributed by atoms with Crippen molar-refractivity contribution in [1.29, 1.82) is 0 Å². The first-order valence-electron chi connectivity index (χ1n) is 22.0. The lowest BCUT2D eigenvalue weighted by Gasteiger charge is -2.49. The van der Waals surface area contributed by atoms with Crippen LogP contribution in [0.1, 0.15) is 90.6 Å². The number of aliphatic hydroxyl groups is 1. The standard InChI is InChI=1S/C46H70N4O13/c1-13-35-46(9)38(49-44(55)63-46)27(5)31(16-17-57-43(54)48-21-30-14-15-32(40(47)52)34(19-30)56-12)25(3)20-45(8)39(62-42-36(51)33(50(10)11)18-26(4)60-42)28(6)37(29(7)41(53)61-35)58-22-24(2)23-59-45/h14-16,19,25-29,33,35-39,42,51H,2,13,17-18,20-23H2,1,3-12H3,(H2,47,52)(H,48,54)(H,49,55)/b31-16+/t25-,26-,27+,28+,29-,33+,35-,36-,37?,38?,39-,42?,45-,46-/m1/s1. The number of ether oxygens (including phenoxy) is 8. The van der Waals surface area contributed by atoms with Gasteiger partial charge in [0.15, 0.2) is 11.9 Å². The molecule has 4 fully saturated rings. The number of aliphatic hydroxyl groups excluding tert-OH is 1. The monoisotopic (exact) mass is 886 g/mol. The zero-order valence-electron chi connectivity index (χ0n) is 38.8. The van der Waals surface area contributed by atoms with E-state index in [4.69, 9.17) is 43.6 Å². The third kappa shape index (κ3) is 11.2. The van der Waals surface area contributed by atoms with E-state index in [9.17, 15) is 24.3 Å². The summed E-state index contributed by atoms with van der Waals surface area (Å²) in [6, 6.07) is 3.86. The predicted molar refractivity (Wildman–Crippen MR) is 232 cm³/mol. The fraction of sp³-hybridized carbons (Fsp3) is 0.696. The molecule has 4 saturated heterocycles. The van der Waals surface area contributed by atoms with Crippen molar-refractivity contribution >= 4 is 24.1 Å². The highest BCUT2D eigenvalue weighted by Gasteiger charge is 2.57. The summed E-state index contributed by atoms with van der Waals surface area (Å²) in [5.41, 5.74) is 5.35. The minimum Gasteiger partial charge on any atom is -0.496 e. The van der Waals surface area contributed by atoms with Gasteiger partial charge in [0.05, 0.1) is 61.8 Å². The maximum absolute atomic E-state index is 14.4. The number of carbonyl (C=O) groups excluding carboxylic acids is 4. The van der Waals surface area contributed by atoms with Gasteiger partial charge in [-0.05, 0) is 96.3 Å². The van der Waals surface area contributed by atoms with Crippen molar-refractivity contribution < 1.29 is 62.2 Å². The van der Waals surface area contributed by atoms with Crippen LogP contribution in [-0.2, 0) is 44.5 Å². The third-order valence-electron chi connectivity index (χ3n) is 13.4. The SMILES string of the molecule is C=C1COC2[C@@H](C)C(=O)O[C@H](CC)[C@@]3(C)OC(=O)NC3[C@@H](C)/C(=C/COC(=O)NCc3ccc(C(N)=O)c(OC)c3)[C@H](C)C[C@@](C)(OC1)[C@H](OC1O[C@H](C)C[C@H](N(C)C)[C@H]1O)[C@H]2C. The Bertz CT molecular complexity index is 1860. The zero-order chi connectivity index (χ0) is 46.6. The highest BCUT2D eigenvalue weighted by molar-refractivity contribution is 5.95. The molecule has 4 aliphatic rings. The van der Waals surface area contributed by atoms with Crippen LogP contribution in [0.15, 0.2) is 42.0 Å². The van der Waals surface area contributed by atoms with Crippen LogP contribution in [-0.4, -0.2) is 135 Å². The van der Waals surface area contributed by atoms with Gasteiger partial charge < -0.3 is 64.3 Å². The Kier molecular flexibility index (Phi) is 16.4. The maximum Gasteiger partial charge on any atom is 0.408 e. The van der Waals surface area contributed by atoms with Crippen molar-refractivity contribution in [1.82, 2.24) is 15.5 Å². The number of primary amides is 1. The molecule has 2 bridgehead atoms. The third-order valence-corrected chi connectivity index (χ3v) is 13.4. The fourth-order valence-corrected chi connectivity index (χ4v) is 10.0. The Morgan fingerprint density at radius 2 is 1.83 bits per heavy atom. The average Bonchev–Trinajstić information content (AvgIpc) is 3.56. The summed E-state index contributed by atoms with van der Waals surface area (Å²) in [5.74, 6) is -3.04. The molecule has 0 aromatic heterocycles. The van der Waals surface area contributed by atoms with Crippen molar-refractivity contribution in [2.75, 3.05) is 41.0 Å². The van der Waals surface area contributed by atoms with E-state index in [1.165, 1.54) is 13.2 Å². The molecule has 0 saturated carbocycles. The second-order valence-electron chi connectivity index (χ2n) is 18.4. The molecule has 0 radical (unpaired) electrons. The van der Waals surface area contributed by atoms with Gasteiger partial charge in [0.25, 0.3) is 5.91 Å². The molecule has 1 aromatic carbocycles. The molecule has 14 atom stereocenters. The van der Waals surface area contributed by atoms with E-state index < -0.39 is 89.8 Å². The van der Waals surface area contributed by atoms with Crippen molar-refractivity contribution in [2.24, 2.45) is 29.4 Å². The number of rotatable bonds is 10. The van der Waals surface area contributed by atoms with Crippen LogP contribution in [0.2, 0.25) is 0 Å². The molecule has 17 heteroatoms. The van der Waals surface area contributed by atoms with E-state index in [0.29, 0.717) is 30.4 Å². The lowest BCUT2D eigenvalue weighted by atomic mass is 9.71. The Hall–Kier alpha value is -4.26. The molecule has 352 valence electrons. The van der Waals surface area contributed by atoms with Crippen LogP contribution in [0.25, 0.3) is 0 Å². The summed E-state index contributed by atoms with van der Waals surface area (Å²) in [7, 11) is 5.24. The maximum atomic E-state index is 14.4. The Morgan fingerprint density at radius 1 is 1.11 bits per heavy atom. The van der Waals surface area contributed by atoms with E-state index in [-0.39, 0.29) is 55.7 Å². The van der Waals surface area contributed by atoms with Gasteiger partial charge in [0.2, 0.25) is 0 Å². The molecule has 3 amide bonds. The van der Waals surface area contributed by atoms with Gasteiger partial charge in [0, 0.05) is 24.4 Å². The number of esters is 1. The zero-order valence-corrected chi connectivity index (χ0v) is 38.8. The van der Waals surface area contributed by atoms with Crippen molar-refractivity contribution in [2.45, 2.75) is 141 Å². The van der Waals surface area contributed by atoms with E-state index >= 15 is 0 Å². The number of amides is 3. The average molecular weight is 887 g/mol. The van der Waals surface area contributed by atoms with Gasteiger partial charge in [-0.3, -0.25) is 9.59 Å². The second-order valence-corrected chi connectivity index (χ2v) is 18.4. The summed E-state index contributed by atoms with van der Waals surface area (Å²) >= 11 is 0. The Labute approximate surface area is 371 Å². The predicted octanol–water partition coefficient (Wildman–Crippen LogP) is 4.63. The normalized spacial score (nSPS) is 37.3. The highest BCUT2D eigenvalue weighted by atomic mass is 16.7. The van der Waals surface area contributed by atoms with E-state index in [2.05, 4.69) is 17.2 Å². The molecule has 4 heterocycles. The quantitative estimate of drug-likeness (QED) is 0.143. The van der Waals surface area contributed by atoms with Gasteiger partial charge in [-0.15, -0.1) is 0 Å². The van der Waals surface area contributed by atoms with Gasteiger partial charge in [0.1, 0.15) is 24.6 Å². The topological polar surface area (TPSA) is 216 Å². The molecule has 3 unspecified atom stereocenters. The van der Waals surface area contributed by atoms with Crippen LogP contribution >= 0.6 is 0 Å². The van der Waals surface area contributed by atoms with Gasteiger partial charge in [-0.25, -0.2) is 9.59 Å². The number of cyclic esters (lactones) is 1. The molecule has 5 N–H and O–H groups in total. The van der Waals surface area contributed by atoms with Crippen molar-refractivity contribution in [3.8, 4) is 5.75 Å². The van der Waals surface area contributed by atoms with Crippen molar-refractivity contribution in [3.63, 3.8) is 0 Å². The van der Waals surface area contributed by atoms with Crippen LogP contribution in [0, 0.1) is 23.7 Å². The number of nitrogens with zero attached hydrogens (tertiary/aromatic N) is 1. The number of nitrogens with one attached hydrogen (secondary N) is 2. The van der Waals surface area contributed by atoms with Crippen LogP contribution < -0.4 is 21.1 Å². The number of alkyl carbamates (subject to hydrolysis) is 2. The summed E-state index contributed by atoms with van der Waals surface area (Å²) in [4.78, 5) is 54.4. The smallest absolute Gasteiger partial charge is 0.408 e. The number of carbonyl (C=O) groups is 4. The minimum atomic E-state index is -1.29. The first-order valence-corrected chi connectivity index (χ1v) is 22.0. The Balaban J connectivity index is 1.55. The molecular weight excluding hydrogens is 817 g/mol. The molecule has 1 aromatic rings. The molecule has 4 aliphatic heterocycles. The number of likely N-dealkylation sites (N-methyl/N-ethyl adjacent to an activating group) is 1. The molecular formula is C46H70N4O13. The molecule has 17 nitrogen and oxygen atoms in total. The number of hydrogen-bond donors (Lipinski definition) is 4. The molecule has 5 rings (SSSR count). The highest BCUT2D eigenvalue weighted by Crippen LogP contribution is 2.44. The van der Waals surface area contributed by atoms with Gasteiger partial charge >= 0.3 is 18.2 Å². The van der Waals surface area contributed by atoms with E-state index in [0.717, 1.165) is 5.57 Å². The fourth-order valence-electron chi connectivity index (χ4n) is 10.0. The van der Waals surface area contributed by atoms with E-state index in [1.807, 2.05) is 66.6 Å². The van der Waals surface area contributed by atoms with E-state index in [1.54, 1.807) is 26.0 Å². The molecule has 0 aliphatic carbocycles. The molecule has 0 spiro atoms. The lowest BCUT2D eigenvalue weighted by Crippen LogP contribution is -2.60. The summed E-state index contributed by atoms with van der Waals surface area (Å²) in [5, 5.41) is 17.5. The van der Waals surface area contributed by atoms with Gasteiger partial charge in [-0.2, -0.15) is 0 Å². The second kappa shape index (κ2) is 20.7. The van der Waals surface area contributed by atoms with Crippen LogP contribution in [0.5, 0.6) is 5.75 Å².